The first-order chi connectivity index (χ1) is 14.0. The van der Waals surface area contributed by atoms with Crippen molar-refractivity contribution in [2.45, 2.75) is 6.42 Å². The van der Waals surface area contributed by atoms with Gasteiger partial charge in [0.25, 0.3) is 11.5 Å². The molecule has 4 rings (SSSR count). The average molecular weight is 390 g/mol. The van der Waals surface area contributed by atoms with Gasteiger partial charge in [-0.15, -0.1) is 10.2 Å². The van der Waals surface area contributed by atoms with Crippen molar-refractivity contribution in [3.05, 3.63) is 64.4 Å². The summed E-state index contributed by atoms with van der Waals surface area (Å²) in [6, 6.07) is 14.4. The lowest BCUT2D eigenvalue weighted by atomic mass is 10.2. The average Bonchev–Trinajstić information content (AvgIpc) is 3.08. The van der Waals surface area contributed by atoms with Crippen LogP contribution in [-0.4, -0.2) is 58.0 Å². The number of benzene rings is 2. The van der Waals surface area contributed by atoms with Crippen LogP contribution in [0.25, 0.3) is 27.6 Å². The van der Waals surface area contributed by atoms with Crippen LogP contribution in [0.5, 0.6) is 0 Å². The topological polar surface area (TPSA) is 95.9 Å². The lowest BCUT2D eigenvalue weighted by Gasteiger charge is -2.10. The molecule has 8 nitrogen and oxygen atoms in total. The second-order valence-electron chi connectivity index (χ2n) is 7.15. The molecule has 148 valence electrons. The number of nitrogens with zero attached hydrogens (tertiary/aromatic N) is 4. The van der Waals surface area contributed by atoms with Crippen molar-refractivity contribution in [1.82, 2.24) is 30.2 Å². The Morgan fingerprint density at radius 1 is 1.10 bits per heavy atom. The molecule has 2 N–H and O–H groups in total. The van der Waals surface area contributed by atoms with E-state index in [4.69, 9.17) is 0 Å². The Morgan fingerprint density at radius 3 is 2.62 bits per heavy atom. The maximum Gasteiger partial charge on any atom is 0.299 e. The number of carbonyl (C=O) groups excluding carboxylic acids is 1. The van der Waals surface area contributed by atoms with Gasteiger partial charge in [-0.1, -0.05) is 18.2 Å². The quantitative estimate of drug-likeness (QED) is 0.491. The zero-order valence-electron chi connectivity index (χ0n) is 16.3. The van der Waals surface area contributed by atoms with E-state index in [1.54, 1.807) is 24.3 Å². The number of hydrogen-bond donors (Lipinski definition) is 2. The third kappa shape index (κ3) is 3.74. The van der Waals surface area contributed by atoms with Gasteiger partial charge in [-0.05, 0) is 57.4 Å². The van der Waals surface area contributed by atoms with Gasteiger partial charge in [0.2, 0.25) is 0 Å². The largest absolute Gasteiger partial charge is 0.352 e. The van der Waals surface area contributed by atoms with Crippen LogP contribution in [0.4, 0.5) is 0 Å². The highest BCUT2D eigenvalue weighted by Gasteiger charge is 2.14. The van der Waals surface area contributed by atoms with E-state index in [0.717, 1.165) is 23.9 Å². The minimum Gasteiger partial charge on any atom is -0.352 e. The van der Waals surface area contributed by atoms with E-state index in [2.05, 4.69) is 25.5 Å². The highest BCUT2D eigenvalue weighted by Crippen LogP contribution is 2.19. The fourth-order valence-electron chi connectivity index (χ4n) is 3.23. The summed E-state index contributed by atoms with van der Waals surface area (Å²) in [4.78, 5) is 27.1. The molecule has 0 spiro atoms. The molecule has 2 aromatic carbocycles. The van der Waals surface area contributed by atoms with Crippen molar-refractivity contribution in [3.8, 4) is 5.69 Å². The number of aromatic nitrogens is 4. The van der Waals surface area contributed by atoms with E-state index < -0.39 is 0 Å². The van der Waals surface area contributed by atoms with Crippen molar-refractivity contribution in [2.75, 3.05) is 27.2 Å². The first-order valence-corrected chi connectivity index (χ1v) is 9.44. The standard InChI is InChI=1S/C21H22N6O2/c1-26(2)13-5-12-22-20(28)14-8-10-15(11-9-14)27-21(29)19-18(25-27)16-6-3-4-7-17(16)23-24-19/h3-4,6-11,25H,5,12-13H2,1-2H3,(H,22,28). The number of aromatic amines is 1. The third-order valence-corrected chi connectivity index (χ3v) is 4.75. The molecule has 0 aliphatic rings. The zero-order chi connectivity index (χ0) is 20.4. The van der Waals surface area contributed by atoms with Gasteiger partial charge in [-0.25, -0.2) is 4.68 Å². The Bertz CT molecular complexity index is 1220. The van der Waals surface area contributed by atoms with E-state index >= 15 is 0 Å². The third-order valence-electron chi connectivity index (χ3n) is 4.75. The number of fused-ring (bicyclic) bond motifs is 3. The highest BCUT2D eigenvalue weighted by molar-refractivity contribution is 6.00. The van der Waals surface area contributed by atoms with E-state index in [1.165, 1.54) is 4.68 Å². The van der Waals surface area contributed by atoms with Crippen LogP contribution >= 0.6 is 0 Å². The van der Waals surface area contributed by atoms with Crippen LogP contribution < -0.4 is 10.9 Å². The van der Waals surface area contributed by atoms with Crippen LogP contribution in [0, 0.1) is 0 Å². The van der Waals surface area contributed by atoms with Gasteiger partial charge in [0.15, 0.2) is 5.52 Å². The summed E-state index contributed by atoms with van der Waals surface area (Å²) < 4.78 is 1.42. The van der Waals surface area contributed by atoms with Crippen molar-refractivity contribution >= 4 is 27.8 Å². The second kappa shape index (κ2) is 7.84. The zero-order valence-corrected chi connectivity index (χ0v) is 16.3. The van der Waals surface area contributed by atoms with Crippen LogP contribution in [0.15, 0.2) is 53.3 Å². The number of H-pyrrole nitrogens is 1. The Labute approximate surface area is 167 Å². The molecule has 0 atom stereocenters. The summed E-state index contributed by atoms with van der Waals surface area (Å²) in [5, 5.41) is 15.1. The fourth-order valence-corrected chi connectivity index (χ4v) is 3.23. The van der Waals surface area contributed by atoms with Crippen LogP contribution in [0.1, 0.15) is 16.8 Å². The number of hydrogen-bond acceptors (Lipinski definition) is 5. The summed E-state index contributed by atoms with van der Waals surface area (Å²) >= 11 is 0. The van der Waals surface area contributed by atoms with Crippen molar-refractivity contribution in [1.29, 1.82) is 0 Å². The molecule has 0 saturated heterocycles. The first-order valence-electron chi connectivity index (χ1n) is 9.44. The predicted molar refractivity (Wildman–Crippen MR) is 112 cm³/mol. The predicted octanol–water partition coefficient (Wildman–Crippen LogP) is 1.94. The number of rotatable bonds is 6. The highest BCUT2D eigenvalue weighted by atomic mass is 16.1. The molecule has 29 heavy (non-hydrogen) atoms. The van der Waals surface area contributed by atoms with Gasteiger partial charge < -0.3 is 10.2 Å². The minimum absolute atomic E-state index is 0.129. The molecule has 0 aliphatic carbocycles. The summed E-state index contributed by atoms with van der Waals surface area (Å²) in [7, 11) is 4.00. The molecule has 2 heterocycles. The number of amides is 1. The Kier molecular flexibility index (Phi) is 5.09. The van der Waals surface area contributed by atoms with Crippen LogP contribution in [0.2, 0.25) is 0 Å². The normalized spacial score (nSPS) is 11.4. The number of nitrogens with one attached hydrogen (secondary N) is 2. The molecule has 0 aliphatic heterocycles. The Morgan fingerprint density at radius 2 is 1.86 bits per heavy atom. The van der Waals surface area contributed by atoms with Crippen LogP contribution in [-0.2, 0) is 0 Å². The van der Waals surface area contributed by atoms with E-state index in [0.29, 0.717) is 23.3 Å². The maximum atomic E-state index is 12.8. The lowest BCUT2D eigenvalue weighted by molar-refractivity contribution is 0.0952. The molecule has 4 aromatic rings. The first kappa shape index (κ1) is 18.8. The molecule has 2 aromatic heterocycles. The molecule has 0 fully saturated rings. The van der Waals surface area contributed by atoms with Crippen molar-refractivity contribution in [2.24, 2.45) is 0 Å². The van der Waals surface area contributed by atoms with Crippen LogP contribution in [0.3, 0.4) is 0 Å². The molecule has 8 heteroatoms. The summed E-state index contributed by atoms with van der Waals surface area (Å²) in [5.74, 6) is -0.129. The molecule has 0 bridgehead atoms. The van der Waals surface area contributed by atoms with E-state index in [1.807, 2.05) is 38.4 Å². The molecular formula is C21H22N6O2. The lowest BCUT2D eigenvalue weighted by Crippen LogP contribution is -2.27. The van der Waals surface area contributed by atoms with Crippen molar-refractivity contribution < 1.29 is 4.79 Å². The van der Waals surface area contributed by atoms with Gasteiger partial charge in [0, 0.05) is 17.5 Å². The molecular weight excluding hydrogens is 368 g/mol. The van der Waals surface area contributed by atoms with Gasteiger partial charge in [-0.2, -0.15) is 0 Å². The van der Waals surface area contributed by atoms with E-state index in [9.17, 15) is 9.59 Å². The summed E-state index contributed by atoms with van der Waals surface area (Å²) in [6.07, 6.45) is 0.885. The Hall–Kier alpha value is -3.52. The fraction of sp³-hybridized carbons (Fsp3) is 0.238. The number of carbonyl (C=O) groups is 1. The molecule has 0 radical (unpaired) electrons. The SMILES string of the molecule is CN(C)CCCNC(=O)c1ccc(-n2[nH]c3c(nnc4ccccc43)c2=O)cc1. The van der Waals surface area contributed by atoms with Crippen molar-refractivity contribution in [3.63, 3.8) is 0 Å². The van der Waals surface area contributed by atoms with Gasteiger partial charge in [0.1, 0.15) is 0 Å². The maximum absolute atomic E-state index is 12.8. The summed E-state index contributed by atoms with van der Waals surface area (Å²) in [6.45, 7) is 1.53. The monoisotopic (exact) mass is 390 g/mol. The van der Waals surface area contributed by atoms with Gasteiger partial charge in [0.05, 0.1) is 16.7 Å². The van der Waals surface area contributed by atoms with E-state index in [-0.39, 0.29) is 17.0 Å². The second-order valence-corrected chi connectivity index (χ2v) is 7.15. The van der Waals surface area contributed by atoms with Gasteiger partial charge >= 0.3 is 0 Å². The minimum atomic E-state index is -0.279. The summed E-state index contributed by atoms with van der Waals surface area (Å²) in [5.41, 5.74) is 2.54. The molecule has 0 unspecified atom stereocenters. The molecule has 1 amide bonds. The smallest absolute Gasteiger partial charge is 0.299 e. The van der Waals surface area contributed by atoms with Gasteiger partial charge in [-0.3, -0.25) is 14.7 Å². The Balaban J connectivity index is 1.58. The molecule has 0 saturated carbocycles.